The zero-order valence-corrected chi connectivity index (χ0v) is 15.2. The molecule has 4 rings (SSSR count). The van der Waals surface area contributed by atoms with Crippen molar-refractivity contribution >= 4 is 39.8 Å². The standard InChI is InChI=1S/C21H16N2O3S/c24-20-19(14-16-8-3-4-11-22-16)27-21(25)23(20)12-13-26-18-10-5-7-15-6-1-2-9-17(15)18/h1-11,14H,12-13H2/b19-14-. The average Bonchev–Trinajstić information content (AvgIpc) is 2.96. The molecule has 0 saturated carbocycles. The van der Waals surface area contributed by atoms with Gasteiger partial charge in [-0.1, -0.05) is 42.5 Å². The highest BCUT2D eigenvalue weighted by Crippen LogP contribution is 2.32. The summed E-state index contributed by atoms with van der Waals surface area (Å²) in [5, 5.41) is 1.80. The number of carbonyl (C=O) groups excluding carboxylic acids is 2. The molecule has 0 radical (unpaired) electrons. The van der Waals surface area contributed by atoms with Crippen LogP contribution < -0.4 is 4.74 Å². The maximum absolute atomic E-state index is 12.5. The van der Waals surface area contributed by atoms with Gasteiger partial charge in [0.2, 0.25) is 0 Å². The summed E-state index contributed by atoms with van der Waals surface area (Å²) in [5.74, 6) is 0.432. The highest BCUT2D eigenvalue weighted by Gasteiger charge is 2.34. The van der Waals surface area contributed by atoms with E-state index in [2.05, 4.69) is 4.98 Å². The molecule has 0 atom stereocenters. The van der Waals surface area contributed by atoms with Crippen LogP contribution in [-0.2, 0) is 4.79 Å². The molecule has 1 saturated heterocycles. The number of benzene rings is 2. The molecule has 2 amide bonds. The van der Waals surface area contributed by atoms with Gasteiger partial charge in [-0.3, -0.25) is 19.5 Å². The van der Waals surface area contributed by atoms with Crippen LogP contribution >= 0.6 is 11.8 Å². The molecule has 0 spiro atoms. The molecule has 2 heterocycles. The minimum Gasteiger partial charge on any atom is -0.491 e. The number of hydrogen-bond donors (Lipinski definition) is 0. The van der Waals surface area contributed by atoms with Gasteiger partial charge in [0, 0.05) is 11.6 Å². The number of pyridine rings is 1. The molecule has 0 bridgehead atoms. The third kappa shape index (κ3) is 3.71. The fraction of sp³-hybridized carbons (Fsp3) is 0.0952. The van der Waals surface area contributed by atoms with Gasteiger partial charge in [-0.05, 0) is 41.4 Å². The number of thioether (sulfide) groups is 1. The Labute approximate surface area is 160 Å². The van der Waals surface area contributed by atoms with Crippen molar-refractivity contribution in [1.29, 1.82) is 0 Å². The summed E-state index contributed by atoms with van der Waals surface area (Å²) in [6.45, 7) is 0.441. The number of nitrogens with zero attached hydrogens (tertiary/aromatic N) is 2. The quantitative estimate of drug-likeness (QED) is 0.620. The van der Waals surface area contributed by atoms with Gasteiger partial charge in [0.25, 0.3) is 11.1 Å². The maximum Gasteiger partial charge on any atom is 0.293 e. The molecule has 1 aliphatic rings. The summed E-state index contributed by atoms with van der Waals surface area (Å²) in [7, 11) is 0. The summed E-state index contributed by atoms with van der Waals surface area (Å²) in [4.78, 5) is 30.5. The molecule has 2 aromatic carbocycles. The first-order valence-electron chi connectivity index (χ1n) is 8.49. The van der Waals surface area contributed by atoms with E-state index in [-0.39, 0.29) is 24.3 Å². The lowest BCUT2D eigenvalue weighted by Gasteiger charge is -2.14. The highest BCUT2D eigenvalue weighted by atomic mass is 32.2. The van der Waals surface area contributed by atoms with Crippen LogP contribution in [0, 0.1) is 0 Å². The molecule has 5 nitrogen and oxygen atoms in total. The lowest BCUT2D eigenvalue weighted by molar-refractivity contribution is -0.123. The Morgan fingerprint density at radius 3 is 2.67 bits per heavy atom. The number of carbonyl (C=O) groups is 2. The van der Waals surface area contributed by atoms with E-state index in [1.54, 1.807) is 24.4 Å². The van der Waals surface area contributed by atoms with Crippen LogP contribution in [0.4, 0.5) is 4.79 Å². The Morgan fingerprint density at radius 2 is 1.81 bits per heavy atom. The minimum atomic E-state index is -0.308. The maximum atomic E-state index is 12.5. The molecule has 134 valence electrons. The van der Waals surface area contributed by atoms with E-state index < -0.39 is 0 Å². The van der Waals surface area contributed by atoms with Crippen LogP contribution in [0.3, 0.4) is 0 Å². The van der Waals surface area contributed by atoms with Crippen molar-refractivity contribution in [3.8, 4) is 5.75 Å². The second kappa shape index (κ2) is 7.63. The molecule has 1 aromatic heterocycles. The van der Waals surface area contributed by atoms with Crippen molar-refractivity contribution in [2.75, 3.05) is 13.2 Å². The van der Waals surface area contributed by atoms with E-state index in [1.165, 1.54) is 4.90 Å². The predicted molar refractivity (Wildman–Crippen MR) is 106 cm³/mol. The monoisotopic (exact) mass is 376 g/mol. The van der Waals surface area contributed by atoms with Crippen LogP contribution in [0.15, 0.2) is 71.8 Å². The lowest BCUT2D eigenvalue weighted by Crippen LogP contribution is -2.32. The predicted octanol–water partition coefficient (Wildman–Crippen LogP) is 4.35. The molecular weight excluding hydrogens is 360 g/mol. The average molecular weight is 376 g/mol. The minimum absolute atomic E-state index is 0.202. The number of amides is 2. The van der Waals surface area contributed by atoms with Crippen molar-refractivity contribution in [2.45, 2.75) is 0 Å². The zero-order chi connectivity index (χ0) is 18.6. The first-order chi connectivity index (χ1) is 13.2. The fourth-order valence-corrected chi connectivity index (χ4v) is 3.71. The van der Waals surface area contributed by atoms with Gasteiger partial charge in [-0.25, -0.2) is 0 Å². The van der Waals surface area contributed by atoms with Crippen LogP contribution in [0.1, 0.15) is 5.69 Å². The number of imide groups is 1. The van der Waals surface area contributed by atoms with E-state index >= 15 is 0 Å². The molecule has 0 unspecified atom stereocenters. The molecule has 3 aromatic rings. The Balaban J connectivity index is 1.43. The van der Waals surface area contributed by atoms with E-state index in [0.717, 1.165) is 28.3 Å². The van der Waals surface area contributed by atoms with Gasteiger partial charge in [-0.15, -0.1) is 0 Å². The first-order valence-corrected chi connectivity index (χ1v) is 9.31. The fourth-order valence-electron chi connectivity index (χ4n) is 2.86. The zero-order valence-electron chi connectivity index (χ0n) is 14.4. The molecule has 6 heteroatoms. The molecule has 0 N–H and O–H groups in total. The van der Waals surface area contributed by atoms with Crippen molar-refractivity contribution < 1.29 is 14.3 Å². The van der Waals surface area contributed by atoms with Gasteiger partial charge >= 0.3 is 0 Å². The van der Waals surface area contributed by atoms with Crippen molar-refractivity contribution in [3.63, 3.8) is 0 Å². The number of ether oxygens (including phenoxy) is 1. The van der Waals surface area contributed by atoms with Crippen molar-refractivity contribution in [2.24, 2.45) is 0 Å². The van der Waals surface area contributed by atoms with Crippen LogP contribution in [0.5, 0.6) is 5.75 Å². The van der Waals surface area contributed by atoms with Gasteiger partial charge < -0.3 is 4.74 Å². The van der Waals surface area contributed by atoms with E-state index in [9.17, 15) is 9.59 Å². The first kappa shape index (κ1) is 17.3. The number of rotatable bonds is 5. The summed E-state index contributed by atoms with van der Waals surface area (Å²) >= 11 is 0.928. The highest BCUT2D eigenvalue weighted by molar-refractivity contribution is 8.18. The van der Waals surface area contributed by atoms with Crippen LogP contribution in [-0.4, -0.2) is 34.2 Å². The SMILES string of the molecule is O=C1S/C(=C\c2ccccn2)C(=O)N1CCOc1cccc2ccccc12. The van der Waals surface area contributed by atoms with E-state index in [0.29, 0.717) is 10.6 Å². The number of aromatic nitrogens is 1. The van der Waals surface area contributed by atoms with Crippen molar-refractivity contribution in [3.05, 3.63) is 77.5 Å². The second-order valence-corrected chi connectivity index (χ2v) is 6.91. The normalized spacial score (nSPS) is 15.7. The van der Waals surface area contributed by atoms with Gasteiger partial charge in [0.1, 0.15) is 12.4 Å². The lowest BCUT2D eigenvalue weighted by atomic mass is 10.1. The smallest absolute Gasteiger partial charge is 0.293 e. The van der Waals surface area contributed by atoms with Gasteiger partial charge in [-0.2, -0.15) is 0 Å². The molecule has 0 aliphatic carbocycles. The third-order valence-electron chi connectivity index (χ3n) is 4.16. The third-order valence-corrected chi connectivity index (χ3v) is 5.07. The molecule has 27 heavy (non-hydrogen) atoms. The van der Waals surface area contributed by atoms with Crippen LogP contribution in [0.2, 0.25) is 0 Å². The topological polar surface area (TPSA) is 59.5 Å². The molecule has 1 aliphatic heterocycles. The van der Waals surface area contributed by atoms with E-state index in [4.69, 9.17) is 4.74 Å². The number of hydrogen-bond acceptors (Lipinski definition) is 5. The largest absolute Gasteiger partial charge is 0.491 e. The summed E-state index contributed by atoms with van der Waals surface area (Å²) < 4.78 is 5.84. The summed E-state index contributed by atoms with van der Waals surface area (Å²) in [6, 6.07) is 19.2. The Morgan fingerprint density at radius 1 is 1.00 bits per heavy atom. The molecular formula is C21H16N2O3S. The van der Waals surface area contributed by atoms with Gasteiger partial charge in [0.15, 0.2) is 0 Å². The Bertz CT molecular complexity index is 1030. The molecule has 1 fully saturated rings. The Kier molecular flexibility index (Phi) is 4.89. The summed E-state index contributed by atoms with van der Waals surface area (Å²) in [6.07, 6.45) is 3.28. The van der Waals surface area contributed by atoms with E-state index in [1.807, 2.05) is 48.5 Å². The van der Waals surface area contributed by atoms with Crippen molar-refractivity contribution in [1.82, 2.24) is 9.88 Å². The number of fused-ring (bicyclic) bond motifs is 1. The Hall–Kier alpha value is -3.12. The van der Waals surface area contributed by atoms with Gasteiger partial charge in [0.05, 0.1) is 17.1 Å². The summed E-state index contributed by atoms with van der Waals surface area (Å²) in [5.41, 5.74) is 0.648. The van der Waals surface area contributed by atoms with Crippen LogP contribution in [0.25, 0.3) is 16.8 Å². The second-order valence-electron chi connectivity index (χ2n) is 5.91.